The molecule has 0 radical (unpaired) electrons. The fourth-order valence-corrected chi connectivity index (χ4v) is 3.12. The van der Waals surface area contributed by atoms with Crippen LogP contribution in [0, 0.1) is 17.6 Å². The summed E-state index contributed by atoms with van der Waals surface area (Å²) in [5, 5.41) is 3.25. The highest BCUT2D eigenvalue weighted by atomic mass is 19.2. The minimum Gasteiger partial charge on any atom is -0.319 e. The highest BCUT2D eigenvalue weighted by Gasteiger charge is 2.45. The normalized spacial score (nSPS) is 27.2. The topological polar surface area (TPSA) is 32.3 Å². The first-order chi connectivity index (χ1) is 10.0. The molecule has 114 valence electrons. The third kappa shape index (κ3) is 2.55. The molecular weight excluding hydrogens is 274 g/mol. The average molecular weight is 294 g/mol. The monoisotopic (exact) mass is 294 g/mol. The summed E-state index contributed by atoms with van der Waals surface area (Å²) in [6.07, 6.45) is 2.58. The van der Waals surface area contributed by atoms with E-state index in [0.29, 0.717) is 17.9 Å². The molecule has 1 aromatic carbocycles. The maximum atomic E-state index is 13.5. The number of carbonyl (C=O) groups is 1. The van der Waals surface area contributed by atoms with Gasteiger partial charge in [0, 0.05) is 6.04 Å². The van der Waals surface area contributed by atoms with Gasteiger partial charge in [0.15, 0.2) is 11.6 Å². The van der Waals surface area contributed by atoms with Crippen molar-refractivity contribution >= 4 is 5.91 Å². The predicted molar refractivity (Wildman–Crippen MR) is 75.3 cm³/mol. The molecule has 1 heterocycles. The molecule has 2 aliphatic rings. The molecule has 3 rings (SSSR count). The van der Waals surface area contributed by atoms with E-state index in [4.69, 9.17) is 0 Å². The van der Waals surface area contributed by atoms with E-state index in [0.717, 1.165) is 18.9 Å². The molecule has 3 nitrogen and oxygen atoms in total. The molecule has 3 unspecified atom stereocenters. The van der Waals surface area contributed by atoms with E-state index in [-0.39, 0.29) is 24.2 Å². The lowest BCUT2D eigenvalue weighted by molar-refractivity contribution is -0.132. The van der Waals surface area contributed by atoms with Crippen molar-refractivity contribution in [2.24, 2.45) is 5.92 Å². The van der Waals surface area contributed by atoms with Crippen LogP contribution in [0.2, 0.25) is 0 Å². The standard InChI is InChI=1S/C16H20F2N2O/c1-3-14-16(21)20(9(2)10-4-5-10)15(19-14)11-6-7-12(17)13(18)8-11/h6-10,14-15,19H,3-5H2,1-2H3. The van der Waals surface area contributed by atoms with Crippen LogP contribution in [0.5, 0.6) is 0 Å². The molecule has 1 amide bonds. The molecule has 1 aliphatic carbocycles. The Morgan fingerprint density at radius 3 is 2.62 bits per heavy atom. The molecule has 0 spiro atoms. The summed E-state index contributed by atoms with van der Waals surface area (Å²) in [6.45, 7) is 3.99. The van der Waals surface area contributed by atoms with Crippen molar-refractivity contribution in [3.63, 3.8) is 0 Å². The molecule has 21 heavy (non-hydrogen) atoms. The summed E-state index contributed by atoms with van der Waals surface area (Å²) in [5.74, 6) is -1.15. The van der Waals surface area contributed by atoms with Crippen molar-refractivity contribution < 1.29 is 13.6 Å². The Labute approximate surface area is 123 Å². The van der Waals surface area contributed by atoms with Gasteiger partial charge in [0.05, 0.1) is 6.04 Å². The number of nitrogens with one attached hydrogen (secondary N) is 1. The second-order valence-corrected chi connectivity index (χ2v) is 6.03. The van der Waals surface area contributed by atoms with E-state index in [1.54, 1.807) is 6.07 Å². The van der Waals surface area contributed by atoms with Crippen LogP contribution in [-0.4, -0.2) is 22.9 Å². The van der Waals surface area contributed by atoms with Gasteiger partial charge in [-0.3, -0.25) is 10.1 Å². The smallest absolute Gasteiger partial charge is 0.241 e. The van der Waals surface area contributed by atoms with Gasteiger partial charge in [0.2, 0.25) is 5.91 Å². The van der Waals surface area contributed by atoms with Gasteiger partial charge in [-0.05, 0) is 49.8 Å². The molecule has 1 aromatic rings. The minimum atomic E-state index is -0.874. The predicted octanol–water partition coefficient (Wildman–Crippen LogP) is 2.97. The molecule has 0 aromatic heterocycles. The van der Waals surface area contributed by atoms with Crippen LogP contribution in [0.4, 0.5) is 8.78 Å². The number of halogens is 2. The quantitative estimate of drug-likeness (QED) is 0.926. The average Bonchev–Trinajstić information content (AvgIpc) is 3.25. The van der Waals surface area contributed by atoms with Crippen molar-refractivity contribution in [3.8, 4) is 0 Å². The zero-order valence-corrected chi connectivity index (χ0v) is 12.3. The zero-order valence-electron chi connectivity index (χ0n) is 12.3. The maximum Gasteiger partial charge on any atom is 0.241 e. The molecule has 1 saturated carbocycles. The summed E-state index contributed by atoms with van der Waals surface area (Å²) in [5.41, 5.74) is 0.603. The van der Waals surface area contributed by atoms with E-state index in [2.05, 4.69) is 5.32 Å². The van der Waals surface area contributed by atoms with Crippen molar-refractivity contribution in [1.29, 1.82) is 0 Å². The van der Waals surface area contributed by atoms with E-state index >= 15 is 0 Å². The SMILES string of the molecule is CCC1NC(c2ccc(F)c(F)c2)N(C(C)C2CC2)C1=O. The number of amides is 1. The molecule has 1 saturated heterocycles. The highest BCUT2D eigenvalue weighted by molar-refractivity contribution is 5.84. The molecular formula is C16H20F2N2O. The first-order valence-corrected chi connectivity index (χ1v) is 7.56. The van der Waals surface area contributed by atoms with E-state index in [1.807, 2.05) is 18.7 Å². The number of nitrogens with zero attached hydrogens (tertiary/aromatic N) is 1. The molecule has 1 N–H and O–H groups in total. The summed E-state index contributed by atoms with van der Waals surface area (Å²) < 4.78 is 26.6. The largest absolute Gasteiger partial charge is 0.319 e. The van der Waals surface area contributed by atoms with Crippen LogP contribution in [0.25, 0.3) is 0 Å². The van der Waals surface area contributed by atoms with Crippen molar-refractivity contribution in [3.05, 3.63) is 35.4 Å². The summed E-state index contributed by atoms with van der Waals surface area (Å²) >= 11 is 0. The zero-order chi connectivity index (χ0) is 15.1. The first-order valence-electron chi connectivity index (χ1n) is 7.56. The van der Waals surface area contributed by atoms with Crippen molar-refractivity contribution in [1.82, 2.24) is 10.2 Å². The lowest BCUT2D eigenvalue weighted by Gasteiger charge is -2.30. The van der Waals surface area contributed by atoms with Crippen LogP contribution in [0.15, 0.2) is 18.2 Å². The summed E-state index contributed by atoms with van der Waals surface area (Å²) in [7, 11) is 0. The van der Waals surface area contributed by atoms with E-state index in [1.165, 1.54) is 6.07 Å². The van der Waals surface area contributed by atoms with Gasteiger partial charge in [-0.25, -0.2) is 8.78 Å². The van der Waals surface area contributed by atoms with Gasteiger partial charge >= 0.3 is 0 Å². The fourth-order valence-electron chi connectivity index (χ4n) is 3.12. The Balaban J connectivity index is 1.93. The molecule has 2 fully saturated rings. The third-order valence-corrected chi connectivity index (χ3v) is 4.60. The number of hydrogen-bond acceptors (Lipinski definition) is 2. The van der Waals surface area contributed by atoms with Crippen LogP contribution in [0.1, 0.15) is 44.8 Å². The van der Waals surface area contributed by atoms with Crippen molar-refractivity contribution in [2.75, 3.05) is 0 Å². The van der Waals surface area contributed by atoms with Crippen LogP contribution in [-0.2, 0) is 4.79 Å². The Hall–Kier alpha value is -1.49. The minimum absolute atomic E-state index is 0.0617. The highest BCUT2D eigenvalue weighted by Crippen LogP contribution is 2.40. The second kappa shape index (κ2) is 5.37. The Kier molecular flexibility index (Phi) is 3.69. The Morgan fingerprint density at radius 1 is 1.33 bits per heavy atom. The summed E-state index contributed by atoms with van der Waals surface area (Å²) in [6, 6.07) is 3.73. The molecule has 3 atom stereocenters. The Morgan fingerprint density at radius 2 is 2.05 bits per heavy atom. The van der Waals surface area contributed by atoms with Crippen molar-refractivity contribution in [2.45, 2.75) is 51.4 Å². The van der Waals surface area contributed by atoms with E-state index in [9.17, 15) is 13.6 Å². The summed E-state index contributed by atoms with van der Waals surface area (Å²) in [4.78, 5) is 14.4. The number of carbonyl (C=O) groups excluding carboxylic acids is 1. The van der Waals surface area contributed by atoms with Gasteiger partial charge in [0.1, 0.15) is 6.17 Å². The van der Waals surface area contributed by atoms with Gasteiger partial charge < -0.3 is 4.90 Å². The number of rotatable bonds is 4. The van der Waals surface area contributed by atoms with Gasteiger partial charge in [-0.1, -0.05) is 13.0 Å². The first kappa shape index (κ1) is 14.4. The third-order valence-electron chi connectivity index (χ3n) is 4.60. The lowest BCUT2D eigenvalue weighted by Crippen LogP contribution is -2.39. The van der Waals surface area contributed by atoms with E-state index < -0.39 is 11.6 Å². The van der Waals surface area contributed by atoms with Gasteiger partial charge in [0.25, 0.3) is 0 Å². The fraction of sp³-hybridized carbons (Fsp3) is 0.562. The van der Waals surface area contributed by atoms with Crippen LogP contribution < -0.4 is 5.32 Å². The Bertz CT molecular complexity index is 559. The second-order valence-electron chi connectivity index (χ2n) is 6.03. The maximum absolute atomic E-state index is 13.5. The molecule has 1 aliphatic heterocycles. The number of hydrogen-bond donors (Lipinski definition) is 1. The van der Waals surface area contributed by atoms with Gasteiger partial charge in [-0.15, -0.1) is 0 Å². The number of benzene rings is 1. The van der Waals surface area contributed by atoms with Gasteiger partial charge in [-0.2, -0.15) is 0 Å². The molecule has 5 heteroatoms. The molecule has 0 bridgehead atoms. The van der Waals surface area contributed by atoms with Crippen LogP contribution in [0.3, 0.4) is 0 Å². The lowest BCUT2D eigenvalue weighted by atomic mass is 10.1. The van der Waals surface area contributed by atoms with Crippen LogP contribution >= 0.6 is 0 Å².